The molecule has 1 rings (SSSR count). The largest absolute Gasteiger partial charge is 0.313 e. The van der Waals surface area contributed by atoms with E-state index in [1.165, 1.54) is 23.5 Å². The SMILES string of the molecule is CCN(CCCNC1CCN(C(C)C)C1)S(C)(=O)=O. The van der Waals surface area contributed by atoms with Gasteiger partial charge in [-0.05, 0) is 39.8 Å². The number of hydrogen-bond acceptors (Lipinski definition) is 4. The summed E-state index contributed by atoms with van der Waals surface area (Å²) in [6.45, 7) is 10.7. The zero-order valence-electron chi connectivity index (χ0n) is 12.7. The van der Waals surface area contributed by atoms with Crippen LogP contribution in [0.4, 0.5) is 0 Å². The molecule has 1 atom stereocenters. The minimum absolute atomic E-state index is 0.559. The molecule has 0 aromatic carbocycles. The third kappa shape index (κ3) is 5.77. The van der Waals surface area contributed by atoms with Gasteiger partial charge < -0.3 is 5.32 Å². The molecule has 114 valence electrons. The topological polar surface area (TPSA) is 52.6 Å². The molecular weight excluding hydrogens is 262 g/mol. The fourth-order valence-corrected chi connectivity index (χ4v) is 3.47. The van der Waals surface area contributed by atoms with Crippen molar-refractivity contribution >= 4 is 10.0 Å². The fourth-order valence-electron chi connectivity index (χ4n) is 2.54. The van der Waals surface area contributed by atoms with Gasteiger partial charge in [-0.1, -0.05) is 6.92 Å². The molecule has 1 saturated heterocycles. The van der Waals surface area contributed by atoms with Crippen LogP contribution in [-0.2, 0) is 10.0 Å². The Labute approximate surface area is 118 Å². The van der Waals surface area contributed by atoms with Gasteiger partial charge in [-0.25, -0.2) is 12.7 Å². The van der Waals surface area contributed by atoms with E-state index in [4.69, 9.17) is 0 Å². The highest BCUT2D eigenvalue weighted by Gasteiger charge is 2.23. The molecule has 0 radical (unpaired) electrons. The summed E-state index contributed by atoms with van der Waals surface area (Å²) in [5, 5.41) is 3.53. The Hall–Kier alpha value is -0.170. The third-order valence-electron chi connectivity index (χ3n) is 3.79. The average molecular weight is 291 g/mol. The van der Waals surface area contributed by atoms with E-state index in [2.05, 4.69) is 24.1 Å². The number of likely N-dealkylation sites (tertiary alicyclic amines) is 1. The standard InChI is InChI=1S/C13H29N3O2S/c1-5-16(19(4,17)18)9-6-8-14-13-7-10-15(11-13)12(2)3/h12-14H,5-11H2,1-4H3. The zero-order valence-corrected chi connectivity index (χ0v) is 13.5. The molecule has 0 aromatic rings. The zero-order chi connectivity index (χ0) is 14.5. The van der Waals surface area contributed by atoms with Gasteiger partial charge in [0.15, 0.2) is 0 Å². The van der Waals surface area contributed by atoms with E-state index in [9.17, 15) is 8.42 Å². The van der Waals surface area contributed by atoms with Gasteiger partial charge >= 0.3 is 0 Å². The van der Waals surface area contributed by atoms with E-state index in [1.807, 2.05) is 6.92 Å². The highest BCUT2D eigenvalue weighted by Crippen LogP contribution is 2.12. The predicted octanol–water partition coefficient (Wildman–Crippen LogP) is 0.730. The molecule has 0 bridgehead atoms. The first-order valence-electron chi connectivity index (χ1n) is 7.27. The van der Waals surface area contributed by atoms with E-state index in [-0.39, 0.29) is 0 Å². The summed E-state index contributed by atoms with van der Waals surface area (Å²) in [7, 11) is -3.04. The highest BCUT2D eigenvalue weighted by atomic mass is 32.2. The average Bonchev–Trinajstić information content (AvgIpc) is 2.76. The summed E-state index contributed by atoms with van der Waals surface area (Å²) in [6.07, 6.45) is 3.35. The Kier molecular flexibility index (Phi) is 6.73. The minimum Gasteiger partial charge on any atom is -0.313 e. The monoisotopic (exact) mass is 291 g/mol. The maximum absolute atomic E-state index is 11.4. The molecule has 1 aliphatic heterocycles. The fraction of sp³-hybridized carbons (Fsp3) is 1.00. The molecule has 0 spiro atoms. The Morgan fingerprint density at radius 3 is 2.58 bits per heavy atom. The van der Waals surface area contributed by atoms with Gasteiger partial charge in [0.05, 0.1) is 6.26 Å². The maximum Gasteiger partial charge on any atom is 0.211 e. The Morgan fingerprint density at radius 1 is 1.42 bits per heavy atom. The Balaban J connectivity index is 2.18. The lowest BCUT2D eigenvalue weighted by molar-refractivity contribution is 0.268. The van der Waals surface area contributed by atoms with Gasteiger partial charge in [0.1, 0.15) is 0 Å². The van der Waals surface area contributed by atoms with E-state index in [0.29, 0.717) is 25.2 Å². The Bertz CT molecular complexity index is 357. The van der Waals surface area contributed by atoms with Crippen LogP contribution >= 0.6 is 0 Å². The molecule has 0 amide bonds. The molecular formula is C13H29N3O2S. The van der Waals surface area contributed by atoms with Gasteiger partial charge in [-0.15, -0.1) is 0 Å². The molecule has 1 unspecified atom stereocenters. The summed E-state index contributed by atoms with van der Waals surface area (Å²) >= 11 is 0. The molecule has 0 aromatic heterocycles. The summed E-state index contributed by atoms with van der Waals surface area (Å²) in [6, 6.07) is 1.18. The molecule has 6 heteroatoms. The first-order valence-corrected chi connectivity index (χ1v) is 9.12. The van der Waals surface area contributed by atoms with Crippen LogP contribution in [0.5, 0.6) is 0 Å². The number of hydrogen-bond donors (Lipinski definition) is 1. The van der Waals surface area contributed by atoms with E-state index >= 15 is 0 Å². The van der Waals surface area contributed by atoms with Crippen molar-refractivity contribution in [2.75, 3.05) is 39.0 Å². The van der Waals surface area contributed by atoms with Crippen LogP contribution in [0.1, 0.15) is 33.6 Å². The highest BCUT2D eigenvalue weighted by molar-refractivity contribution is 7.88. The van der Waals surface area contributed by atoms with Crippen molar-refractivity contribution in [2.45, 2.75) is 45.7 Å². The van der Waals surface area contributed by atoms with E-state index < -0.39 is 10.0 Å². The summed E-state index contributed by atoms with van der Waals surface area (Å²) in [5.74, 6) is 0. The van der Waals surface area contributed by atoms with Crippen LogP contribution in [0.15, 0.2) is 0 Å². The molecule has 0 aliphatic carbocycles. The molecule has 1 heterocycles. The van der Waals surface area contributed by atoms with Crippen LogP contribution in [0.2, 0.25) is 0 Å². The molecule has 0 saturated carbocycles. The molecule has 5 nitrogen and oxygen atoms in total. The normalized spacial score (nSPS) is 21.7. The van der Waals surface area contributed by atoms with Crippen LogP contribution in [0.25, 0.3) is 0 Å². The quantitative estimate of drug-likeness (QED) is 0.670. The van der Waals surface area contributed by atoms with Crippen molar-refractivity contribution in [2.24, 2.45) is 0 Å². The van der Waals surface area contributed by atoms with Crippen molar-refractivity contribution in [3.05, 3.63) is 0 Å². The molecule has 19 heavy (non-hydrogen) atoms. The van der Waals surface area contributed by atoms with E-state index in [0.717, 1.165) is 19.5 Å². The first-order chi connectivity index (χ1) is 8.84. The lowest BCUT2D eigenvalue weighted by Crippen LogP contribution is -2.37. The van der Waals surface area contributed by atoms with Gasteiger partial charge in [-0.2, -0.15) is 0 Å². The van der Waals surface area contributed by atoms with Crippen LogP contribution < -0.4 is 5.32 Å². The number of sulfonamides is 1. The van der Waals surface area contributed by atoms with Gasteiger partial charge in [0, 0.05) is 31.7 Å². The van der Waals surface area contributed by atoms with Crippen LogP contribution in [-0.4, -0.2) is 68.7 Å². The number of nitrogens with zero attached hydrogens (tertiary/aromatic N) is 2. The smallest absolute Gasteiger partial charge is 0.211 e. The second kappa shape index (κ2) is 7.57. The summed E-state index contributed by atoms with van der Waals surface area (Å²) in [5.41, 5.74) is 0. The van der Waals surface area contributed by atoms with Crippen molar-refractivity contribution < 1.29 is 8.42 Å². The second-order valence-corrected chi connectivity index (χ2v) is 7.62. The van der Waals surface area contributed by atoms with Crippen molar-refractivity contribution in [3.8, 4) is 0 Å². The summed E-state index contributed by atoms with van der Waals surface area (Å²) in [4.78, 5) is 2.48. The summed E-state index contributed by atoms with van der Waals surface area (Å²) < 4.78 is 24.4. The first kappa shape index (κ1) is 16.9. The van der Waals surface area contributed by atoms with Gasteiger partial charge in [-0.3, -0.25) is 4.90 Å². The number of nitrogens with one attached hydrogen (secondary N) is 1. The predicted molar refractivity (Wildman–Crippen MR) is 79.8 cm³/mol. The van der Waals surface area contributed by atoms with Gasteiger partial charge in [0.2, 0.25) is 10.0 Å². The molecule has 1 fully saturated rings. The third-order valence-corrected chi connectivity index (χ3v) is 5.17. The lowest BCUT2D eigenvalue weighted by Gasteiger charge is -2.21. The van der Waals surface area contributed by atoms with Crippen molar-refractivity contribution in [1.82, 2.24) is 14.5 Å². The van der Waals surface area contributed by atoms with Crippen molar-refractivity contribution in [3.63, 3.8) is 0 Å². The van der Waals surface area contributed by atoms with Crippen molar-refractivity contribution in [1.29, 1.82) is 0 Å². The lowest BCUT2D eigenvalue weighted by atomic mass is 10.2. The molecule has 1 aliphatic rings. The number of rotatable bonds is 8. The second-order valence-electron chi connectivity index (χ2n) is 5.64. The minimum atomic E-state index is -3.04. The Morgan fingerprint density at radius 2 is 2.11 bits per heavy atom. The van der Waals surface area contributed by atoms with Gasteiger partial charge in [0.25, 0.3) is 0 Å². The molecule has 1 N–H and O–H groups in total. The van der Waals surface area contributed by atoms with Crippen LogP contribution in [0.3, 0.4) is 0 Å². The maximum atomic E-state index is 11.4. The van der Waals surface area contributed by atoms with Crippen LogP contribution in [0, 0.1) is 0 Å². The van der Waals surface area contributed by atoms with E-state index in [1.54, 1.807) is 0 Å².